The maximum Gasteiger partial charge on any atom is 0.222 e. The molecule has 0 bridgehead atoms. The lowest BCUT2D eigenvalue weighted by Crippen LogP contribution is -2.31. The molecule has 0 fully saturated rings. The summed E-state index contributed by atoms with van der Waals surface area (Å²) >= 11 is 0. The summed E-state index contributed by atoms with van der Waals surface area (Å²) in [6.07, 6.45) is 3.38. The summed E-state index contributed by atoms with van der Waals surface area (Å²) in [5.41, 5.74) is 0. The minimum absolute atomic E-state index is 0.0383. The van der Waals surface area contributed by atoms with Gasteiger partial charge >= 0.3 is 0 Å². The van der Waals surface area contributed by atoms with E-state index < -0.39 is 0 Å². The van der Waals surface area contributed by atoms with Crippen LogP contribution in [-0.2, 0) is 28.5 Å². The molecule has 0 heterocycles. The summed E-state index contributed by atoms with van der Waals surface area (Å²) in [6.45, 7) is 13.2. The number of rotatable bonds is 21. The van der Waals surface area contributed by atoms with E-state index in [-0.39, 0.29) is 17.7 Å². The van der Waals surface area contributed by atoms with E-state index in [0.717, 1.165) is 25.8 Å². The molecule has 0 saturated carbocycles. The molecule has 2 amide bonds. The van der Waals surface area contributed by atoms with Gasteiger partial charge in [0.1, 0.15) is 0 Å². The first kappa shape index (κ1) is 28.8. The van der Waals surface area contributed by atoms with Crippen molar-refractivity contribution in [3.8, 4) is 0 Å². The minimum atomic E-state index is 0.0383. The summed E-state index contributed by atoms with van der Waals surface area (Å²) in [4.78, 5) is 23.3. The van der Waals surface area contributed by atoms with Crippen LogP contribution in [0.15, 0.2) is 0 Å². The van der Waals surface area contributed by atoms with Gasteiger partial charge in [-0.3, -0.25) is 9.59 Å². The highest BCUT2D eigenvalue weighted by molar-refractivity contribution is 5.78. The molecule has 1 unspecified atom stereocenters. The fourth-order valence-corrected chi connectivity index (χ4v) is 2.46. The first-order valence-corrected chi connectivity index (χ1v) is 11.4. The van der Waals surface area contributed by atoms with Crippen molar-refractivity contribution in [1.82, 2.24) is 10.6 Å². The van der Waals surface area contributed by atoms with Crippen LogP contribution in [0.3, 0.4) is 0 Å². The van der Waals surface area contributed by atoms with Crippen molar-refractivity contribution in [3.63, 3.8) is 0 Å². The Morgan fingerprint density at radius 1 is 0.700 bits per heavy atom. The van der Waals surface area contributed by atoms with Crippen LogP contribution in [0.5, 0.6) is 0 Å². The second-order valence-corrected chi connectivity index (χ2v) is 7.29. The Morgan fingerprint density at radius 3 is 1.70 bits per heavy atom. The van der Waals surface area contributed by atoms with Gasteiger partial charge in [-0.05, 0) is 12.3 Å². The summed E-state index contributed by atoms with van der Waals surface area (Å²) in [7, 11) is 0. The molecule has 0 aromatic carbocycles. The average molecular weight is 433 g/mol. The third-order valence-electron chi connectivity index (χ3n) is 4.94. The van der Waals surface area contributed by atoms with E-state index in [2.05, 4.69) is 24.5 Å². The third kappa shape index (κ3) is 17.6. The molecule has 0 radical (unpaired) electrons. The lowest BCUT2D eigenvalue weighted by Gasteiger charge is -2.13. The van der Waals surface area contributed by atoms with Crippen LogP contribution in [-0.4, -0.2) is 77.8 Å². The summed E-state index contributed by atoms with van der Waals surface area (Å²) < 4.78 is 21.6. The Bertz CT molecular complexity index is 418. The van der Waals surface area contributed by atoms with Gasteiger partial charge < -0.3 is 29.6 Å². The fraction of sp³-hybridized carbons (Fsp3) is 0.909. The van der Waals surface area contributed by atoms with Crippen molar-refractivity contribution in [3.05, 3.63) is 0 Å². The Kier molecular flexibility index (Phi) is 20.2. The van der Waals surface area contributed by atoms with Crippen LogP contribution >= 0.6 is 0 Å². The van der Waals surface area contributed by atoms with Crippen molar-refractivity contribution >= 4 is 11.8 Å². The summed E-state index contributed by atoms with van der Waals surface area (Å²) in [6, 6.07) is 0. The van der Waals surface area contributed by atoms with E-state index >= 15 is 0 Å². The van der Waals surface area contributed by atoms with Crippen LogP contribution in [0.2, 0.25) is 0 Å². The number of ether oxygens (including phenoxy) is 4. The van der Waals surface area contributed by atoms with Crippen LogP contribution in [0.1, 0.15) is 53.4 Å². The molecule has 178 valence electrons. The molecular weight excluding hydrogens is 388 g/mol. The quantitative estimate of drug-likeness (QED) is 0.270. The van der Waals surface area contributed by atoms with Crippen molar-refractivity contribution in [1.29, 1.82) is 0 Å². The predicted molar refractivity (Wildman–Crippen MR) is 117 cm³/mol. The van der Waals surface area contributed by atoms with Gasteiger partial charge in [0.25, 0.3) is 0 Å². The standard InChI is InChI=1S/C22H44N2O6/c1-5-19(4)22(26)23-9-11-28-13-15-30-17-16-29-14-12-27-10-8-21(25)24-18-20(6-2)7-3/h19-20H,5-18H2,1-4H3,(H,23,26)(H,24,25). The first-order valence-electron chi connectivity index (χ1n) is 11.4. The number of hydrogen-bond acceptors (Lipinski definition) is 6. The highest BCUT2D eigenvalue weighted by Gasteiger charge is 2.08. The van der Waals surface area contributed by atoms with Gasteiger partial charge in [0.2, 0.25) is 11.8 Å². The van der Waals surface area contributed by atoms with Gasteiger partial charge in [0.05, 0.1) is 52.9 Å². The summed E-state index contributed by atoms with van der Waals surface area (Å²) in [5, 5.41) is 5.78. The Hall–Kier alpha value is -1.22. The maximum atomic E-state index is 11.7. The van der Waals surface area contributed by atoms with Gasteiger partial charge in [0.15, 0.2) is 0 Å². The lowest BCUT2D eigenvalue weighted by molar-refractivity contribution is -0.125. The van der Waals surface area contributed by atoms with Crippen molar-refractivity contribution in [2.45, 2.75) is 53.4 Å². The van der Waals surface area contributed by atoms with Crippen LogP contribution in [0, 0.1) is 11.8 Å². The summed E-state index contributed by atoms with van der Waals surface area (Å²) in [5.74, 6) is 0.705. The zero-order valence-corrected chi connectivity index (χ0v) is 19.5. The molecule has 0 aliphatic heterocycles. The Morgan fingerprint density at radius 2 is 1.20 bits per heavy atom. The molecule has 2 N–H and O–H groups in total. The zero-order valence-electron chi connectivity index (χ0n) is 19.5. The van der Waals surface area contributed by atoms with E-state index in [9.17, 15) is 9.59 Å². The average Bonchev–Trinajstić information content (AvgIpc) is 2.76. The Labute approximate surface area is 182 Å². The molecule has 0 aliphatic carbocycles. The molecule has 0 aromatic heterocycles. The molecule has 0 spiro atoms. The van der Waals surface area contributed by atoms with Crippen molar-refractivity contribution < 1.29 is 28.5 Å². The van der Waals surface area contributed by atoms with E-state index in [4.69, 9.17) is 18.9 Å². The molecule has 0 saturated heterocycles. The maximum absolute atomic E-state index is 11.7. The second-order valence-electron chi connectivity index (χ2n) is 7.29. The molecule has 0 aromatic rings. The van der Waals surface area contributed by atoms with E-state index in [0.29, 0.717) is 71.7 Å². The molecule has 8 nitrogen and oxygen atoms in total. The SMILES string of the molecule is CCC(CC)CNC(=O)CCOCCOCCOCCOCCNC(=O)C(C)CC. The van der Waals surface area contributed by atoms with E-state index in [1.54, 1.807) is 0 Å². The number of nitrogens with one attached hydrogen (secondary N) is 2. The number of carbonyl (C=O) groups excluding carboxylic acids is 2. The van der Waals surface area contributed by atoms with Gasteiger partial charge in [-0.1, -0.05) is 40.5 Å². The van der Waals surface area contributed by atoms with E-state index in [1.165, 1.54) is 0 Å². The molecule has 30 heavy (non-hydrogen) atoms. The van der Waals surface area contributed by atoms with Crippen molar-refractivity contribution in [2.75, 3.05) is 65.9 Å². The monoisotopic (exact) mass is 432 g/mol. The van der Waals surface area contributed by atoms with Crippen LogP contribution in [0.25, 0.3) is 0 Å². The number of carbonyl (C=O) groups is 2. The number of hydrogen-bond donors (Lipinski definition) is 2. The highest BCUT2D eigenvalue weighted by atomic mass is 16.6. The zero-order chi connectivity index (χ0) is 22.5. The van der Waals surface area contributed by atoms with Crippen LogP contribution < -0.4 is 10.6 Å². The van der Waals surface area contributed by atoms with Gasteiger partial charge in [-0.2, -0.15) is 0 Å². The molecule has 0 rings (SSSR count). The van der Waals surface area contributed by atoms with Gasteiger partial charge in [-0.25, -0.2) is 0 Å². The second kappa shape index (κ2) is 21.0. The minimum Gasteiger partial charge on any atom is -0.379 e. The van der Waals surface area contributed by atoms with Gasteiger partial charge in [0, 0.05) is 25.4 Å². The predicted octanol–water partition coefficient (Wildman–Crippen LogP) is 2.16. The lowest BCUT2D eigenvalue weighted by atomic mass is 10.0. The first-order chi connectivity index (χ1) is 14.5. The molecule has 8 heteroatoms. The normalized spacial score (nSPS) is 12.2. The number of amides is 2. The van der Waals surface area contributed by atoms with Crippen molar-refractivity contribution in [2.24, 2.45) is 11.8 Å². The molecular formula is C22H44N2O6. The molecule has 0 aliphatic rings. The largest absolute Gasteiger partial charge is 0.379 e. The topological polar surface area (TPSA) is 95.1 Å². The third-order valence-corrected chi connectivity index (χ3v) is 4.94. The van der Waals surface area contributed by atoms with E-state index in [1.807, 2.05) is 13.8 Å². The van der Waals surface area contributed by atoms with Crippen LogP contribution in [0.4, 0.5) is 0 Å². The fourth-order valence-electron chi connectivity index (χ4n) is 2.46. The van der Waals surface area contributed by atoms with Gasteiger partial charge in [-0.15, -0.1) is 0 Å². The highest BCUT2D eigenvalue weighted by Crippen LogP contribution is 2.05. The Balaban J connectivity index is 3.26. The smallest absolute Gasteiger partial charge is 0.222 e. The molecule has 1 atom stereocenters.